The molecule has 0 aromatic heterocycles. The highest BCUT2D eigenvalue weighted by Crippen LogP contribution is 2.40. The van der Waals surface area contributed by atoms with E-state index >= 15 is 0 Å². The summed E-state index contributed by atoms with van der Waals surface area (Å²) in [6.45, 7) is 10.8. The van der Waals surface area contributed by atoms with Crippen LogP contribution in [0.25, 0.3) is 0 Å². The van der Waals surface area contributed by atoms with Crippen LogP contribution in [0.3, 0.4) is 0 Å². The molecular formula is C50H68O14. The van der Waals surface area contributed by atoms with Crippen LogP contribution in [-0.4, -0.2) is 165 Å². The van der Waals surface area contributed by atoms with Gasteiger partial charge >= 0.3 is 5.97 Å². The molecule has 4 rings (SSSR count). The van der Waals surface area contributed by atoms with Crippen molar-refractivity contribution in [1.29, 1.82) is 0 Å². The Morgan fingerprint density at radius 3 is 0.766 bits per heavy atom. The fourth-order valence-electron chi connectivity index (χ4n) is 6.17. The highest BCUT2D eigenvalue weighted by atomic mass is 16.6. The Bertz CT molecular complexity index is 1560. The highest BCUT2D eigenvalue weighted by molar-refractivity contribution is 5.89. The van der Waals surface area contributed by atoms with Crippen molar-refractivity contribution in [2.24, 2.45) is 0 Å². The molecule has 0 aliphatic carbocycles. The van der Waals surface area contributed by atoms with Crippen molar-refractivity contribution >= 4 is 5.97 Å². The van der Waals surface area contributed by atoms with Gasteiger partial charge in [0.2, 0.25) is 0 Å². The summed E-state index contributed by atoms with van der Waals surface area (Å²) >= 11 is 0. The lowest BCUT2D eigenvalue weighted by Crippen LogP contribution is -2.34. The van der Waals surface area contributed by atoms with E-state index in [4.69, 9.17) is 61.6 Å². The van der Waals surface area contributed by atoms with E-state index in [1.54, 1.807) is 24.3 Å². The molecule has 0 aliphatic rings. The van der Waals surface area contributed by atoms with Gasteiger partial charge in [-0.15, -0.1) is 0 Å². The third-order valence-electron chi connectivity index (χ3n) is 9.28. The summed E-state index contributed by atoms with van der Waals surface area (Å²) in [5.74, 6) is -0.359. The predicted octanol–water partition coefficient (Wildman–Crippen LogP) is 6.03. The van der Waals surface area contributed by atoms with Crippen LogP contribution in [-0.2, 0) is 67.2 Å². The first-order valence-electron chi connectivity index (χ1n) is 22.2. The molecule has 352 valence electrons. The Balaban J connectivity index is 0.821. The van der Waals surface area contributed by atoms with Gasteiger partial charge in [-0.2, -0.15) is 0 Å². The summed E-state index contributed by atoms with van der Waals surface area (Å²) in [6, 6.07) is 39.8. The van der Waals surface area contributed by atoms with Crippen LogP contribution in [0.4, 0.5) is 0 Å². The van der Waals surface area contributed by atoms with Crippen molar-refractivity contribution < 1.29 is 66.4 Å². The maximum absolute atomic E-state index is 11.8. The Kier molecular flexibility index (Phi) is 29.6. The van der Waals surface area contributed by atoms with Crippen LogP contribution in [0.5, 0.6) is 0 Å². The largest absolute Gasteiger partial charge is 0.460 e. The Morgan fingerprint density at radius 2 is 0.500 bits per heavy atom. The molecule has 0 atom stereocenters. The molecule has 4 aromatic rings. The van der Waals surface area contributed by atoms with E-state index in [-0.39, 0.29) is 12.6 Å². The standard InChI is InChI=1S/C50H68O14/c51-49(45-13-5-1-6-14-45)63-43-41-61-39-37-59-35-33-57-31-29-55-27-25-53-23-21-52-22-24-54-26-28-56-30-32-58-34-36-60-38-40-62-42-44-64-50(46-15-7-2-8-16-46,47-17-9-3-10-18-47)48-19-11-4-12-20-48/h1-20H,21-44H2. The smallest absolute Gasteiger partial charge is 0.338 e. The first-order chi connectivity index (χ1) is 31.8. The van der Waals surface area contributed by atoms with Gasteiger partial charge in [-0.1, -0.05) is 109 Å². The van der Waals surface area contributed by atoms with E-state index in [9.17, 15) is 4.79 Å². The lowest BCUT2D eigenvalue weighted by atomic mass is 9.80. The number of hydrogen-bond acceptors (Lipinski definition) is 14. The van der Waals surface area contributed by atoms with Crippen LogP contribution in [0.15, 0.2) is 121 Å². The quantitative estimate of drug-likeness (QED) is 0.0291. The maximum atomic E-state index is 11.8. The lowest BCUT2D eigenvalue weighted by Gasteiger charge is -2.36. The van der Waals surface area contributed by atoms with Gasteiger partial charge < -0.3 is 61.6 Å². The van der Waals surface area contributed by atoms with Crippen molar-refractivity contribution in [3.05, 3.63) is 144 Å². The van der Waals surface area contributed by atoms with Gasteiger partial charge in [-0.05, 0) is 28.8 Å². The number of benzene rings is 4. The van der Waals surface area contributed by atoms with E-state index in [1.807, 2.05) is 60.7 Å². The van der Waals surface area contributed by atoms with E-state index in [0.29, 0.717) is 158 Å². The summed E-state index contributed by atoms with van der Waals surface area (Å²) in [5.41, 5.74) is 2.95. The molecule has 0 radical (unpaired) electrons. The number of esters is 1. The fraction of sp³-hybridized carbons (Fsp3) is 0.500. The normalized spacial score (nSPS) is 11.6. The molecule has 14 heteroatoms. The van der Waals surface area contributed by atoms with Crippen molar-refractivity contribution in [3.63, 3.8) is 0 Å². The van der Waals surface area contributed by atoms with Gasteiger partial charge in [-0.25, -0.2) is 4.79 Å². The summed E-state index contributed by atoms with van der Waals surface area (Å²) < 4.78 is 73.0. The number of carbonyl (C=O) groups excluding carboxylic acids is 1. The SMILES string of the molecule is O=C(OCCOCCOCCOCCOCCOCCOCCOCCOCCOCCOCCOCCOC(c1ccccc1)(c1ccccc1)c1ccccc1)c1ccccc1. The van der Waals surface area contributed by atoms with Crippen molar-refractivity contribution in [3.8, 4) is 0 Å². The second-order valence-electron chi connectivity index (χ2n) is 13.9. The van der Waals surface area contributed by atoms with Crippen LogP contribution in [0.1, 0.15) is 27.0 Å². The van der Waals surface area contributed by atoms with Crippen LogP contribution in [0, 0.1) is 0 Å². The molecule has 0 spiro atoms. The minimum absolute atomic E-state index is 0.197. The third kappa shape index (κ3) is 22.7. The average molecular weight is 893 g/mol. The first-order valence-corrected chi connectivity index (χ1v) is 22.2. The van der Waals surface area contributed by atoms with E-state index < -0.39 is 5.60 Å². The van der Waals surface area contributed by atoms with Gasteiger partial charge in [-0.3, -0.25) is 0 Å². The molecule has 14 nitrogen and oxygen atoms in total. The Labute approximate surface area is 379 Å². The zero-order valence-corrected chi connectivity index (χ0v) is 37.2. The third-order valence-corrected chi connectivity index (χ3v) is 9.28. The highest BCUT2D eigenvalue weighted by Gasteiger charge is 2.37. The Morgan fingerprint density at radius 1 is 0.281 bits per heavy atom. The second-order valence-corrected chi connectivity index (χ2v) is 13.9. The zero-order chi connectivity index (χ0) is 44.7. The Hall–Kier alpha value is -4.13. The topological polar surface area (TPSA) is 137 Å². The molecule has 0 unspecified atom stereocenters. The summed E-state index contributed by atoms with van der Waals surface area (Å²) in [7, 11) is 0. The summed E-state index contributed by atoms with van der Waals surface area (Å²) in [6.07, 6.45) is 0. The summed E-state index contributed by atoms with van der Waals surface area (Å²) in [5, 5.41) is 0. The average Bonchev–Trinajstić information content (AvgIpc) is 3.34. The maximum Gasteiger partial charge on any atom is 0.338 e. The van der Waals surface area contributed by atoms with Gasteiger partial charge in [0.15, 0.2) is 0 Å². The number of ether oxygens (including phenoxy) is 13. The molecule has 0 N–H and O–H groups in total. The van der Waals surface area contributed by atoms with Crippen LogP contribution in [0.2, 0.25) is 0 Å². The molecule has 4 aromatic carbocycles. The van der Waals surface area contributed by atoms with Crippen LogP contribution < -0.4 is 0 Å². The van der Waals surface area contributed by atoms with Crippen LogP contribution >= 0.6 is 0 Å². The molecule has 0 fully saturated rings. The van der Waals surface area contributed by atoms with Gasteiger partial charge in [0.25, 0.3) is 0 Å². The second kappa shape index (κ2) is 36.1. The van der Waals surface area contributed by atoms with Crippen molar-refractivity contribution in [2.75, 3.05) is 159 Å². The molecule has 64 heavy (non-hydrogen) atoms. The molecule has 0 heterocycles. The number of hydrogen-bond donors (Lipinski definition) is 0. The van der Waals surface area contributed by atoms with E-state index in [1.165, 1.54) is 0 Å². The van der Waals surface area contributed by atoms with Gasteiger partial charge in [0.1, 0.15) is 12.2 Å². The lowest BCUT2D eigenvalue weighted by molar-refractivity contribution is -0.0399. The van der Waals surface area contributed by atoms with E-state index in [2.05, 4.69) is 36.4 Å². The molecule has 0 saturated carbocycles. The predicted molar refractivity (Wildman–Crippen MR) is 241 cm³/mol. The zero-order valence-electron chi connectivity index (χ0n) is 37.2. The number of carbonyl (C=O) groups is 1. The monoisotopic (exact) mass is 892 g/mol. The minimum atomic E-state index is -0.759. The van der Waals surface area contributed by atoms with Crippen molar-refractivity contribution in [1.82, 2.24) is 0 Å². The summed E-state index contributed by atoms with van der Waals surface area (Å²) in [4.78, 5) is 11.8. The minimum Gasteiger partial charge on any atom is -0.460 e. The van der Waals surface area contributed by atoms with Gasteiger partial charge in [0, 0.05) is 0 Å². The molecule has 0 aliphatic heterocycles. The van der Waals surface area contributed by atoms with E-state index in [0.717, 1.165) is 16.7 Å². The van der Waals surface area contributed by atoms with Gasteiger partial charge in [0.05, 0.1) is 158 Å². The number of rotatable bonds is 41. The molecular weight excluding hydrogens is 825 g/mol. The molecule has 0 saturated heterocycles. The first kappa shape index (κ1) is 52.5. The van der Waals surface area contributed by atoms with Crippen molar-refractivity contribution in [2.45, 2.75) is 5.60 Å². The fourth-order valence-corrected chi connectivity index (χ4v) is 6.17. The molecule has 0 amide bonds. The molecule has 0 bridgehead atoms.